The monoisotopic (exact) mass is 372 g/mol. The zero-order chi connectivity index (χ0) is 19.8. The third-order valence-electron chi connectivity index (χ3n) is 4.21. The van der Waals surface area contributed by atoms with Gasteiger partial charge in [-0.2, -0.15) is 0 Å². The van der Waals surface area contributed by atoms with E-state index in [1.54, 1.807) is 6.08 Å². The van der Waals surface area contributed by atoms with E-state index in [1.807, 2.05) is 97.9 Å². The standard InChI is InChI=1S/C24H24N2O2/c1-26(2)22-13-11-21(12-14-22)25-24(27)17-10-19-8-15-23(16-9-19)28-18-20-6-4-3-5-7-20/h3-17H,18H2,1-2H3,(H,25,27). The minimum Gasteiger partial charge on any atom is -0.489 e. The minimum absolute atomic E-state index is 0.165. The van der Waals surface area contributed by atoms with E-state index in [4.69, 9.17) is 4.74 Å². The van der Waals surface area contributed by atoms with Gasteiger partial charge in [-0.15, -0.1) is 0 Å². The van der Waals surface area contributed by atoms with E-state index in [-0.39, 0.29) is 5.91 Å². The lowest BCUT2D eigenvalue weighted by atomic mass is 10.2. The molecule has 0 atom stereocenters. The van der Waals surface area contributed by atoms with Crippen molar-refractivity contribution in [3.63, 3.8) is 0 Å². The normalized spacial score (nSPS) is 10.6. The fourth-order valence-electron chi connectivity index (χ4n) is 2.61. The molecule has 4 heteroatoms. The molecule has 142 valence electrons. The molecule has 0 aliphatic carbocycles. The van der Waals surface area contributed by atoms with Gasteiger partial charge in [-0.05, 0) is 53.6 Å². The second kappa shape index (κ2) is 9.42. The van der Waals surface area contributed by atoms with Gasteiger partial charge in [-0.1, -0.05) is 42.5 Å². The highest BCUT2D eigenvalue weighted by Crippen LogP contribution is 2.17. The molecule has 1 N–H and O–H groups in total. The number of anilines is 2. The number of carbonyl (C=O) groups is 1. The van der Waals surface area contributed by atoms with Crippen LogP contribution in [0.5, 0.6) is 5.75 Å². The number of benzene rings is 3. The largest absolute Gasteiger partial charge is 0.489 e. The molecule has 0 spiro atoms. The van der Waals surface area contributed by atoms with Crippen molar-refractivity contribution in [3.05, 3.63) is 96.1 Å². The highest BCUT2D eigenvalue weighted by molar-refractivity contribution is 6.02. The van der Waals surface area contributed by atoms with Crippen molar-refractivity contribution in [1.29, 1.82) is 0 Å². The van der Waals surface area contributed by atoms with Gasteiger partial charge < -0.3 is 15.0 Å². The minimum atomic E-state index is -0.165. The smallest absolute Gasteiger partial charge is 0.248 e. The van der Waals surface area contributed by atoms with Crippen molar-refractivity contribution in [2.45, 2.75) is 6.61 Å². The number of nitrogens with zero attached hydrogens (tertiary/aromatic N) is 1. The molecule has 3 aromatic carbocycles. The van der Waals surface area contributed by atoms with Gasteiger partial charge in [-0.25, -0.2) is 0 Å². The molecule has 28 heavy (non-hydrogen) atoms. The molecule has 0 heterocycles. The van der Waals surface area contributed by atoms with Crippen LogP contribution in [0.2, 0.25) is 0 Å². The fraction of sp³-hybridized carbons (Fsp3) is 0.125. The van der Waals surface area contributed by atoms with Crippen molar-refractivity contribution < 1.29 is 9.53 Å². The molecule has 0 saturated carbocycles. The quantitative estimate of drug-likeness (QED) is 0.595. The summed E-state index contributed by atoms with van der Waals surface area (Å²) in [4.78, 5) is 14.1. The van der Waals surface area contributed by atoms with Gasteiger partial charge in [-0.3, -0.25) is 4.79 Å². The molecule has 0 aliphatic rings. The molecule has 0 aromatic heterocycles. The van der Waals surface area contributed by atoms with E-state index in [0.717, 1.165) is 28.3 Å². The molecule has 4 nitrogen and oxygen atoms in total. The van der Waals surface area contributed by atoms with Gasteiger partial charge in [0, 0.05) is 31.5 Å². The summed E-state index contributed by atoms with van der Waals surface area (Å²) in [5.41, 5.74) is 3.92. The number of hydrogen-bond donors (Lipinski definition) is 1. The Hall–Kier alpha value is -3.53. The Morgan fingerprint density at radius 1 is 0.929 bits per heavy atom. The first kappa shape index (κ1) is 19.2. The van der Waals surface area contributed by atoms with Gasteiger partial charge >= 0.3 is 0 Å². The first-order valence-corrected chi connectivity index (χ1v) is 9.13. The summed E-state index contributed by atoms with van der Waals surface area (Å²) in [5.74, 6) is 0.633. The summed E-state index contributed by atoms with van der Waals surface area (Å²) in [5, 5.41) is 2.86. The molecule has 0 saturated heterocycles. The van der Waals surface area contributed by atoms with Crippen LogP contribution in [-0.4, -0.2) is 20.0 Å². The van der Waals surface area contributed by atoms with Crippen molar-refractivity contribution >= 4 is 23.4 Å². The van der Waals surface area contributed by atoms with Crippen LogP contribution in [0.4, 0.5) is 11.4 Å². The van der Waals surface area contributed by atoms with Gasteiger partial charge in [0.1, 0.15) is 12.4 Å². The fourth-order valence-corrected chi connectivity index (χ4v) is 2.61. The molecule has 0 aliphatic heterocycles. The topological polar surface area (TPSA) is 41.6 Å². The molecule has 0 unspecified atom stereocenters. The molecule has 3 aromatic rings. The molecule has 1 amide bonds. The second-order valence-electron chi connectivity index (χ2n) is 6.61. The van der Waals surface area contributed by atoms with E-state index in [0.29, 0.717) is 6.61 Å². The first-order valence-electron chi connectivity index (χ1n) is 9.13. The third-order valence-corrected chi connectivity index (χ3v) is 4.21. The summed E-state index contributed by atoms with van der Waals surface area (Å²) in [6, 6.07) is 25.4. The maximum Gasteiger partial charge on any atom is 0.248 e. The first-order chi connectivity index (χ1) is 13.6. The van der Waals surface area contributed by atoms with Crippen molar-refractivity contribution in [3.8, 4) is 5.75 Å². The zero-order valence-electron chi connectivity index (χ0n) is 16.1. The Labute approximate surface area is 166 Å². The van der Waals surface area contributed by atoms with Gasteiger partial charge in [0.15, 0.2) is 0 Å². The average Bonchev–Trinajstić information content (AvgIpc) is 2.72. The zero-order valence-corrected chi connectivity index (χ0v) is 16.1. The molecule has 3 rings (SSSR count). The molecule has 0 fully saturated rings. The molecule has 0 radical (unpaired) electrons. The molecular formula is C24H24N2O2. The van der Waals surface area contributed by atoms with E-state index >= 15 is 0 Å². The number of hydrogen-bond acceptors (Lipinski definition) is 3. The van der Waals surface area contributed by atoms with Crippen LogP contribution in [0, 0.1) is 0 Å². The highest BCUT2D eigenvalue weighted by Gasteiger charge is 2.00. The Balaban J connectivity index is 1.51. The number of ether oxygens (including phenoxy) is 1. The van der Waals surface area contributed by atoms with Crippen molar-refractivity contribution in [2.24, 2.45) is 0 Å². The van der Waals surface area contributed by atoms with Gasteiger partial charge in [0.05, 0.1) is 0 Å². The van der Waals surface area contributed by atoms with Crippen molar-refractivity contribution in [1.82, 2.24) is 0 Å². The third kappa shape index (κ3) is 5.74. The number of amides is 1. The van der Waals surface area contributed by atoms with Crippen LogP contribution < -0.4 is 15.0 Å². The Morgan fingerprint density at radius 3 is 2.25 bits per heavy atom. The average molecular weight is 372 g/mol. The summed E-state index contributed by atoms with van der Waals surface area (Å²) >= 11 is 0. The lowest BCUT2D eigenvalue weighted by Crippen LogP contribution is -2.10. The summed E-state index contributed by atoms with van der Waals surface area (Å²) in [6.07, 6.45) is 3.31. The van der Waals surface area contributed by atoms with Gasteiger partial charge in [0.25, 0.3) is 0 Å². The summed E-state index contributed by atoms with van der Waals surface area (Å²) in [7, 11) is 3.96. The highest BCUT2D eigenvalue weighted by atomic mass is 16.5. The van der Waals surface area contributed by atoms with Crippen LogP contribution >= 0.6 is 0 Å². The van der Waals surface area contributed by atoms with E-state index in [1.165, 1.54) is 6.08 Å². The van der Waals surface area contributed by atoms with Gasteiger partial charge in [0.2, 0.25) is 5.91 Å². The maximum absolute atomic E-state index is 12.1. The van der Waals surface area contributed by atoms with E-state index in [9.17, 15) is 4.79 Å². The Bertz CT molecular complexity index is 915. The maximum atomic E-state index is 12.1. The number of rotatable bonds is 7. The summed E-state index contributed by atoms with van der Waals surface area (Å²) in [6.45, 7) is 0.533. The van der Waals surface area contributed by atoms with Crippen LogP contribution in [-0.2, 0) is 11.4 Å². The molecule has 0 bridgehead atoms. The number of nitrogens with one attached hydrogen (secondary N) is 1. The summed E-state index contributed by atoms with van der Waals surface area (Å²) < 4.78 is 5.77. The predicted octanol–water partition coefficient (Wildman–Crippen LogP) is 4.98. The lowest BCUT2D eigenvalue weighted by Gasteiger charge is -2.12. The van der Waals surface area contributed by atoms with Crippen LogP contribution in [0.15, 0.2) is 84.9 Å². The second-order valence-corrected chi connectivity index (χ2v) is 6.61. The van der Waals surface area contributed by atoms with Crippen LogP contribution in [0.1, 0.15) is 11.1 Å². The van der Waals surface area contributed by atoms with Crippen LogP contribution in [0.3, 0.4) is 0 Å². The Morgan fingerprint density at radius 2 is 1.61 bits per heavy atom. The van der Waals surface area contributed by atoms with E-state index < -0.39 is 0 Å². The Kier molecular flexibility index (Phi) is 6.47. The predicted molar refractivity (Wildman–Crippen MR) is 116 cm³/mol. The number of carbonyl (C=O) groups excluding carboxylic acids is 1. The molecular weight excluding hydrogens is 348 g/mol. The lowest BCUT2D eigenvalue weighted by molar-refractivity contribution is -0.111. The van der Waals surface area contributed by atoms with Crippen LogP contribution in [0.25, 0.3) is 6.08 Å². The van der Waals surface area contributed by atoms with E-state index in [2.05, 4.69) is 5.32 Å². The SMILES string of the molecule is CN(C)c1ccc(NC(=O)C=Cc2ccc(OCc3ccccc3)cc2)cc1. The van der Waals surface area contributed by atoms with Crippen molar-refractivity contribution in [2.75, 3.05) is 24.3 Å².